The largest absolute Gasteiger partial charge is 0.493 e. The van der Waals surface area contributed by atoms with Crippen LogP contribution in [-0.2, 0) is 36.1 Å². The van der Waals surface area contributed by atoms with Gasteiger partial charge in [0.25, 0.3) is 5.56 Å². The second-order valence-electron chi connectivity index (χ2n) is 12.4. The fourth-order valence-corrected chi connectivity index (χ4v) is 7.26. The SMILES string of the molecule is COc1cc2nc(CCn3c(=O)n4n(c3=O)[C@@H]3CC5=C(C(=O)C(C)=CC5=O)[C@@H](c5ccc(OCCO)cc5)C3=CC4)c(=O)n(C)c2cc1OC. The predicted octanol–water partition coefficient (Wildman–Crippen LogP) is 1.75. The van der Waals surface area contributed by atoms with Gasteiger partial charge in [-0.2, -0.15) is 0 Å². The zero-order valence-electron chi connectivity index (χ0n) is 28.0. The molecule has 14 heteroatoms. The lowest BCUT2D eigenvalue weighted by molar-refractivity contribution is -0.116. The first-order chi connectivity index (χ1) is 24.1. The van der Waals surface area contributed by atoms with Gasteiger partial charge in [0.05, 0.1) is 44.4 Å². The molecule has 14 nitrogen and oxygen atoms in total. The molecule has 0 unspecified atom stereocenters. The van der Waals surface area contributed by atoms with E-state index in [1.165, 1.54) is 34.2 Å². The van der Waals surface area contributed by atoms with Crippen LogP contribution in [-0.4, -0.2) is 67.6 Å². The van der Waals surface area contributed by atoms with Gasteiger partial charge in [0.15, 0.2) is 23.1 Å². The second-order valence-corrected chi connectivity index (χ2v) is 12.4. The monoisotopic (exact) mass is 681 g/mol. The molecule has 2 atom stereocenters. The van der Waals surface area contributed by atoms with Crippen molar-refractivity contribution in [3.63, 3.8) is 0 Å². The van der Waals surface area contributed by atoms with Crippen molar-refractivity contribution < 1.29 is 28.9 Å². The Morgan fingerprint density at radius 2 is 1.70 bits per heavy atom. The standard InChI is InChI=1S/C36H35N5O9/c1-19-15-28(43)23-16-26-22(31(32(23)33(19)44)20-5-7-21(8-6-20)50-14-13-42)9-12-40-35(46)39(36(47)41(26)40)11-10-24-34(45)38(2)27-18-30(49-4)29(48-3)17-25(27)37-24/h5-9,15,17-18,26,31,42H,10-14,16H2,1-4H3/t26-,31+/m1/s1. The van der Waals surface area contributed by atoms with Crippen molar-refractivity contribution in [3.8, 4) is 17.2 Å². The third-order valence-corrected chi connectivity index (χ3v) is 9.71. The number of rotatable bonds is 9. The van der Waals surface area contributed by atoms with Gasteiger partial charge in [0, 0.05) is 61.2 Å². The van der Waals surface area contributed by atoms with Gasteiger partial charge in [-0.3, -0.25) is 14.4 Å². The summed E-state index contributed by atoms with van der Waals surface area (Å²) >= 11 is 0. The molecule has 3 aliphatic rings. The number of aliphatic hydroxyl groups is 1. The van der Waals surface area contributed by atoms with Crippen molar-refractivity contribution in [1.29, 1.82) is 0 Å². The molecule has 258 valence electrons. The summed E-state index contributed by atoms with van der Waals surface area (Å²) in [6.07, 6.45) is 3.24. The van der Waals surface area contributed by atoms with Crippen LogP contribution in [0.5, 0.6) is 17.2 Å². The van der Waals surface area contributed by atoms with Crippen molar-refractivity contribution >= 4 is 22.6 Å². The topological polar surface area (TPSA) is 166 Å². The van der Waals surface area contributed by atoms with Crippen LogP contribution in [0.2, 0.25) is 0 Å². The first-order valence-corrected chi connectivity index (χ1v) is 16.2. The number of aromatic nitrogens is 5. The molecule has 0 saturated heterocycles. The molecule has 2 aromatic carbocycles. The number of benzene rings is 2. The molecule has 0 radical (unpaired) electrons. The molecule has 4 aromatic rings. The van der Waals surface area contributed by atoms with Crippen molar-refractivity contribution in [2.75, 3.05) is 27.4 Å². The van der Waals surface area contributed by atoms with Gasteiger partial charge in [0.2, 0.25) is 0 Å². The van der Waals surface area contributed by atoms with Gasteiger partial charge in [-0.1, -0.05) is 18.2 Å². The Kier molecular flexibility index (Phi) is 8.26. The number of allylic oxidation sites excluding steroid dienone is 6. The fraction of sp³-hybridized carbons (Fsp3) is 0.333. The van der Waals surface area contributed by atoms with E-state index in [9.17, 15) is 24.0 Å². The molecule has 0 saturated carbocycles. The molecule has 0 fully saturated rings. The maximum Gasteiger partial charge on any atom is 0.347 e. The number of ether oxygens (including phenoxy) is 3. The van der Waals surface area contributed by atoms with Crippen LogP contribution in [0.4, 0.5) is 0 Å². The minimum Gasteiger partial charge on any atom is -0.493 e. The van der Waals surface area contributed by atoms with Gasteiger partial charge in [0.1, 0.15) is 18.1 Å². The highest BCUT2D eigenvalue weighted by atomic mass is 16.5. The van der Waals surface area contributed by atoms with Crippen LogP contribution in [0.3, 0.4) is 0 Å². The van der Waals surface area contributed by atoms with Crippen LogP contribution >= 0.6 is 0 Å². The summed E-state index contributed by atoms with van der Waals surface area (Å²) in [6.45, 7) is 1.54. The number of nitrogens with zero attached hydrogens (tertiary/aromatic N) is 5. The number of aliphatic hydroxyl groups excluding tert-OH is 1. The number of carbonyl (C=O) groups is 2. The second kappa shape index (κ2) is 12.6. The zero-order chi connectivity index (χ0) is 35.4. The van der Waals surface area contributed by atoms with Crippen LogP contribution in [0, 0.1) is 0 Å². The molecule has 7 rings (SSSR count). The van der Waals surface area contributed by atoms with E-state index in [0.29, 0.717) is 45.0 Å². The molecule has 3 heterocycles. The van der Waals surface area contributed by atoms with E-state index in [4.69, 9.17) is 19.3 Å². The number of methoxy groups -OCH3 is 2. The Bertz CT molecular complexity index is 2370. The number of Topliss-reactive ketones (excluding diaryl/α,β-unsaturated/α-hetero) is 1. The number of hydrogen-bond acceptors (Lipinski definition) is 10. The van der Waals surface area contributed by atoms with Gasteiger partial charge in [-0.25, -0.2) is 28.5 Å². The molecule has 0 amide bonds. The number of fused-ring (bicyclic) bond motifs is 4. The molecular weight excluding hydrogens is 646 g/mol. The Balaban J connectivity index is 1.27. The highest BCUT2D eigenvalue weighted by molar-refractivity contribution is 6.23. The average Bonchev–Trinajstić information content (AvgIpc) is 3.37. The summed E-state index contributed by atoms with van der Waals surface area (Å²) in [5, 5.41) is 9.14. The van der Waals surface area contributed by atoms with Crippen molar-refractivity contribution in [2.45, 2.75) is 44.8 Å². The summed E-state index contributed by atoms with van der Waals surface area (Å²) < 4.78 is 21.5. The van der Waals surface area contributed by atoms with Gasteiger partial charge >= 0.3 is 11.4 Å². The normalized spacial score (nSPS) is 18.3. The summed E-state index contributed by atoms with van der Waals surface area (Å²) in [7, 11) is 4.61. The zero-order valence-corrected chi connectivity index (χ0v) is 28.0. The van der Waals surface area contributed by atoms with Crippen LogP contribution < -0.4 is 31.1 Å². The van der Waals surface area contributed by atoms with E-state index < -0.39 is 23.3 Å². The van der Waals surface area contributed by atoms with Crippen molar-refractivity contribution in [1.82, 2.24) is 23.5 Å². The van der Waals surface area contributed by atoms with E-state index >= 15 is 0 Å². The van der Waals surface area contributed by atoms with Gasteiger partial charge in [-0.05, 0) is 36.3 Å². The first-order valence-electron chi connectivity index (χ1n) is 16.2. The lowest BCUT2D eigenvalue weighted by Gasteiger charge is -2.39. The summed E-state index contributed by atoms with van der Waals surface area (Å²) in [5.41, 5.74) is 2.12. The number of ketones is 2. The predicted molar refractivity (Wildman–Crippen MR) is 181 cm³/mol. The summed E-state index contributed by atoms with van der Waals surface area (Å²) in [6, 6.07) is 9.67. The maximum atomic E-state index is 14.1. The molecule has 50 heavy (non-hydrogen) atoms. The average molecular weight is 682 g/mol. The Morgan fingerprint density at radius 3 is 2.40 bits per heavy atom. The highest BCUT2D eigenvalue weighted by Gasteiger charge is 2.44. The van der Waals surface area contributed by atoms with Crippen LogP contribution in [0.1, 0.15) is 36.6 Å². The quantitative estimate of drug-likeness (QED) is 0.203. The van der Waals surface area contributed by atoms with E-state index in [0.717, 1.165) is 15.7 Å². The first kappa shape index (κ1) is 32.8. The van der Waals surface area contributed by atoms with Crippen LogP contribution in [0.25, 0.3) is 11.0 Å². The molecule has 0 bridgehead atoms. The lowest BCUT2D eigenvalue weighted by atomic mass is 9.68. The van der Waals surface area contributed by atoms with Gasteiger partial charge in [-0.15, -0.1) is 0 Å². The highest BCUT2D eigenvalue weighted by Crippen LogP contribution is 2.49. The number of aryl methyl sites for hydroxylation is 2. The van der Waals surface area contributed by atoms with Crippen LogP contribution in [0.15, 0.2) is 85.2 Å². The molecule has 0 spiro atoms. The Labute approximate surface area is 284 Å². The summed E-state index contributed by atoms with van der Waals surface area (Å²) in [4.78, 5) is 72.8. The van der Waals surface area contributed by atoms with E-state index in [1.807, 2.05) is 6.08 Å². The molecular formula is C36H35N5O9. The molecule has 1 aliphatic heterocycles. The number of hydrogen-bond donors (Lipinski definition) is 1. The van der Waals surface area contributed by atoms with E-state index in [1.54, 1.807) is 50.4 Å². The maximum absolute atomic E-state index is 14.1. The summed E-state index contributed by atoms with van der Waals surface area (Å²) in [5.74, 6) is 0.227. The third-order valence-electron chi connectivity index (χ3n) is 9.71. The Morgan fingerprint density at radius 1 is 0.980 bits per heavy atom. The minimum absolute atomic E-state index is 0.000751. The minimum atomic E-state index is -0.711. The Hall–Kier alpha value is -5.76. The van der Waals surface area contributed by atoms with Crippen molar-refractivity contribution in [2.24, 2.45) is 7.05 Å². The molecule has 2 aliphatic carbocycles. The lowest BCUT2D eigenvalue weighted by Crippen LogP contribution is -2.40. The fourth-order valence-electron chi connectivity index (χ4n) is 7.26. The smallest absolute Gasteiger partial charge is 0.347 e. The van der Waals surface area contributed by atoms with Crippen molar-refractivity contribution in [3.05, 3.63) is 113 Å². The van der Waals surface area contributed by atoms with E-state index in [2.05, 4.69) is 4.98 Å². The molecule has 1 N–H and O–H groups in total. The number of carbonyl (C=O) groups excluding carboxylic acids is 2. The molecule has 2 aromatic heterocycles. The van der Waals surface area contributed by atoms with Gasteiger partial charge < -0.3 is 23.9 Å². The van der Waals surface area contributed by atoms with E-state index in [-0.39, 0.29) is 62.0 Å². The third kappa shape index (κ3) is 5.14.